The van der Waals surface area contributed by atoms with E-state index in [4.69, 9.17) is 0 Å². The lowest BCUT2D eigenvalue weighted by atomic mass is 10.2. The van der Waals surface area contributed by atoms with Gasteiger partial charge in [0.25, 0.3) is 0 Å². The van der Waals surface area contributed by atoms with Crippen LogP contribution in [-0.4, -0.2) is 11.4 Å². The van der Waals surface area contributed by atoms with Crippen molar-refractivity contribution in [2.24, 2.45) is 0 Å². The van der Waals surface area contributed by atoms with E-state index in [1.807, 2.05) is 12.3 Å². The molecule has 2 aromatic rings. The first-order valence-electron chi connectivity index (χ1n) is 3.67. The smallest absolute Gasteiger partial charge is 0.172 e. The van der Waals surface area contributed by atoms with E-state index in [1.54, 1.807) is 6.07 Å². The Hall–Kier alpha value is -0.740. The van der Waals surface area contributed by atoms with Crippen molar-refractivity contribution >= 4 is 33.2 Å². The molecule has 0 aliphatic rings. The van der Waals surface area contributed by atoms with Gasteiger partial charge in [-0.1, -0.05) is 11.3 Å². The lowest BCUT2D eigenvalue weighted by molar-refractivity contribution is 0.491. The standard InChI is InChI=1S/C9H7FOS2/c1-12-7-3-2-6-5(9(7)10)4-8(11)13-6/h2-4,11H,1H3. The lowest BCUT2D eigenvalue weighted by Gasteiger charge is -1.98. The third kappa shape index (κ3) is 1.40. The third-order valence-corrected chi connectivity index (χ3v) is 3.46. The van der Waals surface area contributed by atoms with Crippen molar-refractivity contribution < 1.29 is 9.50 Å². The Morgan fingerprint density at radius 1 is 1.46 bits per heavy atom. The zero-order valence-corrected chi connectivity index (χ0v) is 8.51. The van der Waals surface area contributed by atoms with Gasteiger partial charge in [0.1, 0.15) is 5.82 Å². The molecule has 1 nitrogen and oxygen atoms in total. The van der Waals surface area contributed by atoms with Crippen LogP contribution >= 0.6 is 23.1 Å². The van der Waals surface area contributed by atoms with E-state index in [1.165, 1.54) is 29.2 Å². The summed E-state index contributed by atoms with van der Waals surface area (Å²) in [5.74, 6) is -0.235. The molecule has 1 aromatic heterocycles. The molecule has 0 unspecified atom stereocenters. The van der Waals surface area contributed by atoms with E-state index in [0.717, 1.165) is 4.70 Å². The van der Waals surface area contributed by atoms with Crippen molar-refractivity contribution in [3.8, 4) is 5.06 Å². The zero-order valence-electron chi connectivity index (χ0n) is 6.87. The predicted molar refractivity (Wildman–Crippen MR) is 55.2 cm³/mol. The molecular weight excluding hydrogens is 207 g/mol. The number of thioether (sulfide) groups is 1. The van der Waals surface area contributed by atoms with Gasteiger partial charge in [0.15, 0.2) is 5.06 Å². The number of thiophene rings is 1. The van der Waals surface area contributed by atoms with Crippen molar-refractivity contribution in [1.29, 1.82) is 0 Å². The average Bonchev–Trinajstić information content (AvgIpc) is 2.47. The van der Waals surface area contributed by atoms with Crippen molar-refractivity contribution in [2.45, 2.75) is 4.90 Å². The van der Waals surface area contributed by atoms with Crippen LogP contribution in [0.2, 0.25) is 0 Å². The largest absolute Gasteiger partial charge is 0.499 e. The molecule has 0 bridgehead atoms. The Bertz CT molecular complexity index is 450. The SMILES string of the molecule is CSc1ccc2sc(O)cc2c1F. The van der Waals surface area contributed by atoms with Gasteiger partial charge < -0.3 is 5.11 Å². The van der Waals surface area contributed by atoms with E-state index < -0.39 is 0 Å². The van der Waals surface area contributed by atoms with Crippen LogP contribution in [0, 0.1) is 5.82 Å². The van der Waals surface area contributed by atoms with E-state index in [2.05, 4.69) is 0 Å². The minimum Gasteiger partial charge on any atom is -0.499 e. The highest BCUT2D eigenvalue weighted by Crippen LogP contribution is 2.35. The molecule has 0 spiro atoms. The van der Waals surface area contributed by atoms with Crippen molar-refractivity contribution in [2.75, 3.05) is 6.26 Å². The highest BCUT2D eigenvalue weighted by Gasteiger charge is 2.09. The van der Waals surface area contributed by atoms with Crippen LogP contribution in [0.15, 0.2) is 23.1 Å². The van der Waals surface area contributed by atoms with Crippen molar-refractivity contribution in [1.82, 2.24) is 0 Å². The van der Waals surface area contributed by atoms with Crippen LogP contribution in [0.25, 0.3) is 10.1 Å². The molecule has 68 valence electrons. The molecule has 1 N–H and O–H groups in total. The molecule has 2 rings (SSSR count). The van der Waals surface area contributed by atoms with Crippen molar-refractivity contribution in [3.63, 3.8) is 0 Å². The fourth-order valence-corrected chi connectivity index (χ4v) is 2.49. The zero-order chi connectivity index (χ0) is 9.42. The van der Waals surface area contributed by atoms with Crippen LogP contribution in [0.4, 0.5) is 4.39 Å². The molecule has 0 fully saturated rings. The maximum atomic E-state index is 13.6. The second-order valence-corrected chi connectivity index (χ2v) is 4.49. The summed E-state index contributed by atoms with van der Waals surface area (Å²) in [6.45, 7) is 0. The molecule has 0 atom stereocenters. The summed E-state index contributed by atoms with van der Waals surface area (Å²) in [7, 11) is 0. The molecule has 1 heterocycles. The summed E-state index contributed by atoms with van der Waals surface area (Å²) in [6.07, 6.45) is 1.83. The Morgan fingerprint density at radius 2 is 2.23 bits per heavy atom. The first-order valence-corrected chi connectivity index (χ1v) is 5.71. The monoisotopic (exact) mass is 214 g/mol. The number of hydrogen-bond acceptors (Lipinski definition) is 3. The summed E-state index contributed by atoms with van der Waals surface area (Å²) in [5, 5.41) is 9.86. The first-order chi connectivity index (χ1) is 6.22. The van der Waals surface area contributed by atoms with Gasteiger partial charge >= 0.3 is 0 Å². The molecule has 1 aromatic carbocycles. The maximum Gasteiger partial charge on any atom is 0.172 e. The third-order valence-electron chi connectivity index (χ3n) is 1.81. The first kappa shape index (κ1) is 8.84. The number of halogens is 1. The molecule has 0 amide bonds. The van der Waals surface area contributed by atoms with Crippen molar-refractivity contribution in [3.05, 3.63) is 24.0 Å². The normalized spacial score (nSPS) is 10.9. The Balaban J connectivity index is 2.78. The highest BCUT2D eigenvalue weighted by molar-refractivity contribution is 7.98. The fourth-order valence-electron chi connectivity index (χ4n) is 1.20. The molecule has 0 radical (unpaired) electrons. The van der Waals surface area contributed by atoms with Crippen LogP contribution in [0.3, 0.4) is 0 Å². The molecule has 0 saturated heterocycles. The highest BCUT2D eigenvalue weighted by atomic mass is 32.2. The Morgan fingerprint density at radius 3 is 2.92 bits per heavy atom. The van der Waals surface area contributed by atoms with Gasteiger partial charge in [0.2, 0.25) is 0 Å². The predicted octanol–water partition coefficient (Wildman–Crippen LogP) is 3.47. The number of fused-ring (bicyclic) bond motifs is 1. The number of aromatic hydroxyl groups is 1. The summed E-state index contributed by atoms with van der Waals surface area (Å²) < 4.78 is 14.3. The average molecular weight is 214 g/mol. The van der Waals surface area contributed by atoms with E-state index in [0.29, 0.717) is 10.3 Å². The van der Waals surface area contributed by atoms with Gasteiger partial charge in [-0.3, -0.25) is 0 Å². The van der Waals surface area contributed by atoms with E-state index in [9.17, 15) is 9.50 Å². The summed E-state index contributed by atoms with van der Waals surface area (Å²) in [6, 6.07) is 5.03. The Labute approximate surface area is 83.2 Å². The minimum absolute atomic E-state index is 0.159. The molecular formula is C9H7FOS2. The van der Waals surface area contributed by atoms with Crippen LogP contribution in [0.5, 0.6) is 5.06 Å². The second kappa shape index (κ2) is 3.20. The van der Waals surface area contributed by atoms with Gasteiger partial charge in [-0.25, -0.2) is 4.39 Å². The van der Waals surface area contributed by atoms with Crippen LogP contribution in [0.1, 0.15) is 0 Å². The van der Waals surface area contributed by atoms with Gasteiger partial charge in [-0.05, 0) is 18.4 Å². The molecule has 0 aliphatic carbocycles. The van der Waals surface area contributed by atoms with Crippen LogP contribution < -0.4 is 0 Å². The molecule has 4 heteroatoms. The van der Waals surface area contributed by atoms with Crippen LogP contribution in [-0.2, 0) is 0 Å². The summed E-state index contributed by atoms with van der Waals surface area (Å²) in [4.78, 5) is 0.616. The van der Waals surface area contributed by atoms with E-state index >= 15 is 0 Å². The second-order valence-electron chi connectivity index (χ2n) is 2.58. The number of hydrogen-bond donors (Lipinski definition) is 1. The number of benzene rings is 1. The molecule has 0 aliphatic heterocycles. The van der Waals surface area contributed by atoms with Gasteiger partial charge in [-0.15, -0.1) is 11.8 Å². The molecule has 13 heavy (non-hydrogen) atoms. The van der Waals surface area contributed by atoms with Gasteiger partial charge in [-0.2, -0.15) is 0 Å². The summed E-state index contributed by atoms with van der Waals surface area (Å²) in [5.41, 5.74) is 0. The quantitative estimate of drug-likeness (QED) is 0.733. The maximum absolute atomic E-state index is 13.6. The Kier molecular flexibility index (Phi) is 2.17. The topological polar surface area (TPSA) is 20.2 Å². The number of rotatable bonds is 1. The van der Waals surface area contributed by atoms with Gasteiger partial charge in [0.05, 0.1) is 0 Å². The fraction of sp³-hybridized carbons (Fsp3) is 0.111. The minimum atomic E-state index is -0.235. The summed E-state index contributed by atoms with van der Waals surface area (Å²) >= 11 is 2.56. The van der Waals surface area contributed by atoms with Gasteiger partial charge in [0, 0.05) is 21.0 Å². The lowest BCUT2D eigenvalue weighted by Crippen LogP contribution is -1.79. The van der Waals surface area contributed by atoms with E-state index in [-0.39, 0.29) is 10.9 Å². The molecule has 0 saturated carbocycles.